The highest BCUT2D eigenvalue weighted by Crippen LogP contribution is 2.15. The van der Waals surface area contributed by atoms with Gasteiger partial charge in [0.1, 0.15) is 0 Å². The van der Waals surface area contributed by atoms with Gasteiger partial charge >= 0.3 is 0 Å². The van der Waals surface area contributed by atoms with Crippen molar-refractivity contribution in [3.05, 3.63) is 59.5 Å². The minimum absolute atomic E-state index is 0.101. The number of rotatable bonds is 3. The lowest BCUT2D eigenvalue weighted by atomic mass is 10.0. The van der Waals surface area contributed by atoms with Crippen LogP contribution in [0.25, 0.3) is 5.65 Å². The Morgan fingerprint density at radius 1 is 1.11 bits per heavy atom. The highest BCUT2D eigenvalue weighted by molar-refractivity contribution is 5.36. The lowest BCUT2D eigenvalue weighted by molar-refractivity contribution is 0.662. The quantitative estimate of drug-likeness (QED) is 0.771. The van der Waals surface area contributed by atoms with Gasteiger partial charge in [0.25, 0.3) is 0 Å². The second-order valence-electron chi connectivity index (χ2n) is 4.58. The van der Waals surface area contributed by atoms with E-state index in [4.69, 9.17) is 5.73 Å². The van der Waals surface area contributed by atoms with Gasteiger partial charge in [0.05, 0.1) is 5.69 Å². The Balaban J connectivity index is 1.91. The van der Waals surface area contributed by atoms with Gasteiger partial charge in [-0.15, -0.1) is 10.2 Å². The Hall–Kier alpha value is -2.27. The fraction of sp³-hybridized carbons (Fsp3) is 0.214. The highest BCUT2D eigenvalue weighted by atomic mass is 15.4. The van der Waals surface area contributed by atoms with Gasteiger partial charge in [-0.3, -0.25) is 0 Å². The minimum atomic E-state index is -0.101. The Labute approximate surface area is 111 Å². The molecule has 2 aromatic heterocycles. The molecule has 5 heteroatoms. The van der Waals surface area contributed by atoms with Crippen LogP contribution in [0, 0.1) is 6.92 Å². The number of aryl methyl sites for hydroxylation is 1. The van der Waals surface area contributed by atoms with Crippen LogP contribution in [0.2, 0.25) is 0 Å². The summed E-state index contributed by atoms with van der Waals surface area (Å²) in [7, 11) is 0. The molecule has 0 amide bonds. The number of benzene rings is 1. The van der Waals surface area contributed by atoms with Crippen LogP contribution in [0.4, 0.5) is 0 Å². The predicted molar refractivity (Wildman–Crippen MR) is 72.6 cm³/mol. The van der Waals surface area contributed by atoms with Gasteiger partial charge in [-0.05, 0) is 24.6 Å². The summed E-state index contributed by atoms with van der Waals surface area (Å²) in [5.74, 6) is 0.787. The van der Waals surface area contributed by atoms with Crippen molar-refractivity contribution in [2.75, 3.05) is 0 Å². The van der Waals surface area contributed by atoms with Crippen molar-refractivity contribution in [2.45, 2.75) is 19.4 Å². The first-order valence-electron chi connectivity index (χ1n) is 6.22. The van der Waals surface area contributed by atoms with Crippen molar-refractivity contribution >= 4 is 5.65 Å². The Morgan fingerprint density at radius 2 is 1.89 bits per heavy atom. The third-order valence-corrected chi connectivity index (χ3v) is 3.09. The molecule has 0 bridgehead atoms. The summed E-state index contributed by atoms with van der Waals surface area (Å²) in [6.45, 7) is 1.94. The molecule has 2 N–H and O–H groups in total. The number of nitrogens with zero attached hydrogens (tertiary/aromatic N) is 4. The molecule has 5 nitrogen and oxygen atoms in total. The van der Waals surface area contributed by atoms with Gasteiger partial charge < -0.3 is 5.73 Å². The highest BCUT2D eigenvalue weighted by Gasteiger charge is 2.12. The first kappa shape index (κ1) is 11.8. The monoisotopic (exact) mass is 253 g/mol. The van der Waals surface area contributed by atoms with Gasteiger partial charge in [0.15, 0.2) is 11.5 Å². The smallest absolute Gasteiger partial charge is 0.177 e. The van der Waals surface area contributed by atoms with Crippen LogP contribution in [-0.2, 0) is 6.42 Å². The summed E-state index contributed by atoms with van der Waals surface area (Å²) in [5.41, 5.74) is 8.98. The van der Waals surface area contributed by atoms with E-state index >= 15 is 0 Å². The van der Waals surface area contributed by atoms with Crippen LogP contribution in [0.3, 0.4) is 0 Å². The second-order valence-corrected chi connectivity index (χ2v) is 4.58. The molecule has 1 atom stereocenters. The summed E-state index contributed by atoms with van der Waals surface area (Å²) in [6.07, 6.45) is 0.613. The number of fused-ring (bicyclic) bond motifs is 1. The first-order valence-corrected chi connectivity index (χ1v) is 6.22. The van der Waals surface area contributed by atoms with E-state index in [1.165, 1.54) is 0 Å². The Morgan fingerprint density at radius 3 is 2.68 bits per heavy atom. The van der Waals surface area contributed by atoms with E-state index < -0.39 is 0 Å². The fourth-order valence-electron chi connectivity index (χ4n) is 2.07. The van der Waals surface area contributed by atoms with Gasteiger partial charge in [-0.2, -0.15) is 9.61 Å². The van der Waals surface area contributed by atoms with Gasteiger partial charge in [-0.25, -0.2) is 0 Å². The summed E-state index contributed by atoms with van der Waals surface area (Å²) in [4.78, 5) is 0. The lowest BCUT2D eigenvalue weighted by Gasteiger charge is -2.10. The molecule has 19 heavy (non-hydrogen) atoms. The zero-order valence-corrected chi connectivity index (χ0v) is 10.7. The Kier molecular flexibility index (Phi) is 2.97. The maximum Gasteiger partial charge on any atom is 0.177 e. The van der Waals surface area contributed by atoms with Crippen LogP contribution >= 0.6 is 0 Å². The molecular formula is C14H15N5. The van der Waals surface area contributed by atoms with Crippen LogP contribution in [0.15, 0.2) is 42.5 Å². The van der Waals surface area contributed by atoms with E-state index in [-0.39, 0.29) is 6.04 Å². The zero-order valence-electron chi connectivity index (χ0n) is 10.7. The number of aromatic nitrogens is 4. The Bertz CT molecular complexity index is 689. The fourth-order valence-corrected chi connectivity index (χ4v) is 2.07. The van der Waals surface area contributed by atoms with E-state index in [9.17, 15) is 0 Å². The average molecular weight is 253 g/mol. The van der Waals surface area contributed by atoms with Crippen molar-refractivity contribution in [1.82, 2.24) is 19.8 Å². The molecule has 0 saturated carbocycles. The molecule has 3 aromatic rings. The van der Waals surface area contributed by atoms with Crippen LogP contribution in [0.1, 0.15) is 23.1 Å². The largest absolute Gasteiger partial charge is 0.324 e. The molecule has 0 aliphatic carbocycles. The van der Waals surface area contributed by atoms with Crippen molar-refractivity contribution in [1.29, 1.82) is 0 Å². The molecule has 96 valence electrons. The van der Waals surface area contributed by atoms with Gasteiger partial charge in [-0.1, -0.05) is 30.3 Å². The summed E-state index contributed by atoms with van der Waals surface area (Å²) in [6, 6.07) is 13.7. The SMILES string of the molecule is Cc1ccc2nnc(CC(N)c3ccccc3)n2n1. The minimum Gasteiger partial charge on any atom is -0.324 e. The molecule has 1 aromatic carbocycles. The van der Waals surface area contributed by atoms with Gasteiger partial charge in [0.2, 0.25) is 0 Å². The maximum absolute atomic E-state index is 6.21. The molecule has 0 fully saturated rings. The van der Waals surface area contributed by atoms with Crippen LogP contribution in [-0.4, -0.2) is 19.8 Å². The average Bonchev–Trinajstić information content (AvgIpc) is 2.82. The molecule has 1 unspecified atom stereocenters. The molecular weight excluding hydrogens is 238 g/mol. The standard InChI is InChI=1S/C14H15N5/c1-10-7-8-13-16-17-14(19(13)18-10)9-12(15)11-5-3-2-4-6-11/h2-8,12H,9,15H2,1H3. The maximum atomic E-state index is 6.21. The van der Waals surface area contributed by atoms with E-state index in [1.807, 2.05) is 49.4 Å². The molecule has 0 spiro atoms. The number of hydrogen-bond acceptors (Lipinski definition) is 4. The van der Waals surface area contributed by atoms with Crippen molar-refractivity contribution in [2.24, 2.45) is 5.73 Å². The number of hydrogen-bond donors (Lipinski definition) is 1. The normalized spacial score (nSPS) is 12.7. The van der Waals surface area contributed by atoms with Gasteiger partial charge in [0, 0.05) is 12.5 Å². The molecule has 0 saturated heterocycles. The van der Waals surface area contributed by atoms with Crippen molar-refractivity contribution in [3.63, 3.8) is 0 Å². The molecule has 2 heterocycles. The van der Waals surface area contributed by atoms with E-state index in [1.54, 1.807) is 4.52 Å². The van der Waals surface area contributed by atoms with Crippen molar-refractivity contribution in [3.8, 4) is 0 Å². The summed E-state index contributed by atoms with van der Waals surface area (Å²) in [5, 5.41) is 12.7. The summed E-state index contributed by atoms with van der Waals surface area (Å²) >= 11 is 0. The molecule has 0 aliphatic heterocycles. The third-order valence-electron chi connectivity index (χ3n) is 3.09. The van der Waals surface area contributed by atoms with Crippen LogP contribution in [0.5, 0.6) is 0 Å². The topological polar surface area (TPSA) is 69.1 Å². The van der Waals surface area contributed by atoms with E-state index in [0.29, 0.717) is 6.42 Å². The first-order chi connectivity index (χ1) is 9.24. The van der Waals surface area contributed by atoms with Crippen molar-refractivity contribution < 1.29 is 0 Å². The lowest BCUT2D eigenvalue weighted by Crippen LogP contribution is -2.15. The predicted octanol–water partition coefficient (Wildman–Crippen LogP) is 1.68. The third kappa shape index (κ3) is 2.32. The zero-order chi connectivity index (χ0) is 13.2. The van der Waals surface area contributed by atoms with Crippen LogP contribution < -0.4 is 5.73 Å². The molecule has 0 aliphatic rings. The second kappa shape index (κ2) is 4.78. The summed E-state index contributed by atoms with van der Waals surface area (Å²) < 4.78 is 1.76. The molecule has 3 rings (SSSR count). The molecule has 0 radical (unpaired) electrons. The number of nitrogens with two attached hydrogens (primary N) is 1. The van der Waals surface area contributed by atoms with E-state index in [0.717, 1.165) is 22.7 Å². The van der Waals surface area contributed by atoms with E-state index in [2.05, 4.69) is 15.3 Å².